The molecule has 8 aromatic carbocycles. The molecular weight excluding hydrogens is 647 g/mol. The summed E-state index contributed by atoms with van der Waals surface area (Å²) in [5.41, 5.74) is 11.9. The van der Waals surface area contributed by atoms with Gasteiger partial charge in [0, 0.05) is 27.6 Å². The van der Waals surface area contributed by atoms with Gasteiger partial charge in [-0.3, -0.25) is 0 Å². The predicted octanol–water partition coefficient (Wildman–Crippen LogP) is 12.8. The molecule has 1 aromatic heterocycles. The molecule has 0 bridgehead atoms. The first-order chi connectivity index (χ1) is 26.2. The van der Waals surface area contributed by atoms with Crippen LogP contribution in [-0.4, -0.2) is 15.0 Å². The molecule has 0 saturated heterocycles. The molecule has 2 heterocycles. The van der Waals surface area contributed by atoms with Crippen molar-refractivity contribution < 1.29 is 4.74 Å². The Morgan fingerprint density at radius 2 is 0.736 bits per heavy atom. The van der Waals surface area contributed by atoms with E-state index in [1.807, 2.05) is 54.6 Å². The zero-order valence-corrected chi connectivity index (χ0v) is 28.6. The van der Waals surface area contributed by atoms with Crippen molar-refractivity contribution in [3.05, 3.63) is 188 Å². The molecule has 0 N–H and O–H groups in total. The van der Waals surface area contributed by atoms with Crippen LogP contribution in [0.25, 0.3) is 89.4 Å². The Labute approximate surface area is 307 Å². The smallest absolute Gasteiger partial charge is 0.164 e. The molecule has 0 aliphatic carbocycles. The molecule has 1 aliphatic rings. The summed E-state index contributed by atoms with van der Waals surface area (Å²) in [6.07, 6.45) is 0. The number of benzene rings is 8. The van der Waals surface area contributed by atoms with Gasteiger partial charge in [-0.2, -0.15) is 0 Å². The van der Waals surface area contributed by atoms with Gasteiger partial charge in [-0.1, -0.05) is 164 Å². The maximum atomic E-state index is 6.59. The van der Waals surface area contributed by atoms with Gasteiger partial charge in [0.05, 0.1) is 0 Å². The highest BCUT2D eigenvalue weighted by molar-refractivity contribution is 6.10. The van der Waals surface area contributed by atoms with E-state index < -0.39 is 0 Å². The maximum absolute atomic E-state index is 6.59. The van der Waals surface area contributed by atoms with E-state index in [-0.39, 0.29) is 0 Å². The second-order valence-corrected chi connectivity index (χ2v) is 13.2. The Balaban J connectivity index is 1.06. The second kappa shape index (κ2) is 12.9. The maximum Gasteiger partial charge on any atom is 0.164 e. The van der Waals surface area contributed by atoms with E-state index in [9.17, 15) is 0 Å². The van der Waals surface area contributed by atoms with E-state index in [0.717, 1.165) is 61.2 Å². The first-order valence-corrected chi connectivity index (χ1v) is 17.8. The van der Waals surface area contributed by atoms with Gasteiger partial charge in [0.2, 0.25) is 0 Å². The predicted molar refractivity (Wildman–Crippen MR) is 215 cm³/mol. The van der Waals surface area contributed by atoms with Crippen LogP contribution >= 0.6 is 0 Å². The summed E-state index contributed by atoms with van der Waals surface area (Å²) < 4.78 is 6.59. The van der Waals surface area contributed by atoms with E-state index in [4.69, 9.17) is 19.7 Å². The van der Waals surface area contributed by atoms with Gasteiger partial charge in [0.25, 0.3) is 0 Å². The third-order valence-corrected chi connectivity index (χ3v) is 9.97. The average molecular weight is 678 g/mol. The van der Waals surface area contributed by atoms with Crippen molar-refractivity contribution in [3.63, 3.8) is 0 Å². The van der Waals surface area contributed by atoms with Crippen LogP contribution in [0.15, 0.2) is 188 Å². The first kappa shape index (κ1) is 30.6. The Kier molecular flexibility index (Phi) is 7.43. The molecule has 248 valence electrons. The lowest BCUT2D eigenvalue weighted by Crippen LogP contribution is -2.02. The number of aromatic nitrogens is 3. The summed E-state index contributed by atoms with van der Waals surface area (Å²) >= 11 is 0. The van der Waals surface area contributed by atoms with Gasteiger partial charge in [-0.05, 0) is 68.6 Å². The van der Waals surface area contributed by atoms with E-state index >= 15 is 0 Å². The fourth-order valence-corrected chi connectivity index (χ4v) is 7.29. The molecule has 53 heavy (non-hydrogen) atoms. The molecule has 0 spiro atoms. The summed E-state index contributed by atoms with van der Waals surface area (Å²) in [6.45, 7) is 0. The molecule has 0 fully saturated rings. The topological polar surface area (TPSA) is 47.9 Å². The van der Waals surface area contributed by atoms with Gasteiger partial charge >= 0.3 is 0 Å². The average Bonchev–Trinajstić information content (AvgIpc) is 3.25. The lowest BCUT2D eigenvalue weighted by atomic mass is 9.89. The Morgan fingerprint density at radius 3 is 1.34 bits per heavy atom. The van der Waals surface area contributed by atoms with Crippen molar-refractivity contribution in [1.29, 1.82) is 0 Å². The molecule has 4 heteroatoms. The number of hydrogen-bond donors (Lipinski definition) is 0. The van der Waals surface area contributed by atoms with Crippen LogP contribution in [0.2, 0.25) is 0 Å². The quantitative estimate of drug-likeness (QED) is 0.176. The largest absolute Gasteiger partial charge is 0.456 e. The third kappa shape index (κ3) is 5.63. The van der Waals surface area contributed by atoms with Crippen molar-refractivity contribution in [3.8, 4) is 90.2 Å². The summed E-state index contributed by atoms with van der Waals surface area (Å²) in [6, 6.07) is 65.2. The Bertz CT molecular complexity index is 2760. The fraction of sp³-hybridized carbons (Fsp3) is 0. The molecule has 0 amide bonds. The highest BCUT2D eigenvalue weighted by Crippen LogP contribution is 2.49. The molecule has 9 aromatic rings. The third-order valence-electron chi connectivity index (χ3n) is 9.97. The van der Waals surface area contributed by atoms with Crippen molar-refractivity contribution in [1.82, 2.24) is 15.0 Å². The monoisotopic (exact) mass is 677 g/mol. The number of rotatable bonds is 6. The minimum atomic E-state index is 0.606. The van der Waals surface area contributed by atoms with Crippen LogP contribution in [0.5, 0.6) is 11.5 Å². The number of hydrogen-bond acceptors (Lipinski definition) is 4. The van der Waals surface area contributed by atoms with Crippen LogP contribution in [0.1, 0.15) is 0 Å². The highest BCUT2D eigenvalue weighted by Gasteiger charge is 2.23. The van der Waals surface area contributed by atoms with E-state index in [0.29, 0.717) is 17.5 Å². The Hall–Kier alpha value is -7.17. The first-order valence-electron chi connectivity index (χ1n) is 17.8. The minimum Gasteiger partial charge on any atom is -0.456 e. The highest BCUT2D eigenvalue weighted by atomic mass is 16.5. The molecule has 0 atom stereocenters. The van der Waals surface area contributed by atoms with Crippen molar-refractivity contribution in [2.75, 3.05) is 0 Å². The van der Waals surface area contributed by atoms with Crippen LogP contribution in [-0.2, 0) is 0 Å². The fourth-order valence-electron chi connectivity index (χ4n) is 7.29. The number of ether oxygens (including phenoxy) is 1. The van der Waals surface area contributed by atoms with Crippen molar-refractivity contribution in [2.24, 2.45) is 0 Å². The summed E-state index contributed by atoms with van der Waals surface area (Å²) in [5, 5.41) is 2.25. The minimum absolute atomic E-state index is 0.606. The van der Waals surface area contributed by atoms with Crippen molar-refractivity contribution in [2.45, 2.75) is 0 Å². The van der Waals surface area contributed by atoms with E-state index in [1.165, 1.54) is 22.3 Å². The number of fused-ring (bicyclic) bond motifs is 2. The molecule has 0 saturated carbocycles. The van der Waals surface area contributed by atoms with Crippen LogP contribution in [0, 0.1) is 0 Å². The standard InChI is InChI=1S/C49H31N3O/c1-4-11-32(12-5-1)34-19-23-36(24-20-34)40-28-30-45-46-41(40)17-10-18-42(46)43-31-39(27-29-44(43)53-45)49-51-47(37-15-8-3-9-16-37)50-48(52-49)38-25-21-35(22-26-38)33-13-6-2-7-14-33/h1-31H. The zero-order valence-electron chi connectivity index (χ0n) is 28.6. The van der Waals surface area contributed by atoms with Gasteiger partial charge < -0.3 is 4.74 Å². The van der Waals surface area contributed by atoms with Crippen LogP contribution in [0.3, 0.4) is 0 Å². The summed E-state index contributed by atoms with van der Waals surface area (Å²) in [7, 11) is 0. The van der Waals surface area contributed by atoms with Crippen LogP contribution in [0.4, 0.5) is 0 Å². The number of nitrogens with zero attached hydrogens (tertiary/aromatic N) is 3. The lowest BCUT2D eigenvalue weighted by molar-refractivity contribution is 0.487. The molecule has 4 nitrogen and oxygen atoms in total. The summed E-state index contributed by atoms with van der Waals surface area (Å²) in [5.74, 6) is 3.52. The van der Waals surface area contributed by atoms with E-state index in [1.54, 1.807) is 0 Å². The summed E-state index contributed by atoms with van der Waals surface area (Å²) in [4.78, 5) is 15.1. The molecule has 0 radical (unpaired) electrons. The Morgan fingerprint density at radius 1 is 0.283 bits per heavy atom. The SMILES string of the molecule is c1ccc(-c2ccc(-c3nc(-c4ccccc4)nc(-c4ccc5c(c4)-c4cccc6c(-c7ccc(-c8ccccc8)cc7)ccc(c46)O5)n3)cc2)cc1. The molecular formula is C49H31N3O. The van der Waals surface area contributed by atoms with Gasteiger partial charge in [0.1, 0.15) is 11.5 Å². The normalized spacial score (nSPS) is 11.5. The van der Waals surface area contributed by atoms with Crippen molar-refractivity contribution >= 4 is 10.8 Å². The van der Waals surface area contributed by atoms with Crippen LogP contribution < -0.4 is 4.74 Å². The van der Waals surface area contributed by atoms with E-state index in [2.05, 4.69) is 133 Å². The molecule has 0 unspecified atom stereocenters. The molecule has 1 aliphatic heterocycles. The van der Waals surface area contributed by atoms with Gasteiger partial charge in [-0.15, -0.1) is 0 Å². The second-order valence-electron chi connectivity index (χ2n) is 13.2. The zero-order chi connectivity index (χ0) is 35.1. The lowest BCUT2D eigenvalue weighted by Gasteiger charge is -2.23. The molecule has 10 rings (SSSR count). The van der Waals surface area contributed by atoms with Gasteiger partial charge in [-0.25, -0.2) is 15.0 Å². The van der Waals surface area contributed by atoms with Gasteiger partial charge in [0.15, 0.2) is 17.5 Å².